The highest BCUT2D eigenvalue weighted by Crippen LogP contribution is 2.33. The Morgan fingerprint density at radius 2 is 2.16 bits per heavy atom. The topological polar surface area (TPSA) is 89.5 Å². The third kappa shape index (κ3) is 3.00. The van der Waals surface area contributed by atoms with Crippen LogP contribution in [0.25, 0.3) is 10.2 Å². The lowest BCUT2D eigenvalue weighted by Gasteiger charge is -2.31. The number of benzene rings is 1. The molecular weight excluding hydrogens is 342 g/mol. The molecule has 1 atom stereocenters. The molecule has 1 amide bonds. The minimum Gasteiger partial charge on any atom is -0.395 e. The molecule has 1 fully saturated rings. The van der Waals surface area contributed by atoms with E-state index < -0.39 is 10.8 Å². The van der Waals surface area contributed by atoms with E-state index in [1.54, 1.807) is 16.2 Å². The molecule has 0 unspecified atom stereocenters. The summed E-state index contributed by atoms with van der Waals surface area (Å²) in [4.78, 5) is 29.0. The van der Waals surface area contributed by atoms with E-state index in [1.807, 2.05) is 24.3 Å². The molecule has 1 aliphatic rings. The van der Waals surface area contributed by atoms with Gasteiger partial charge in [-0.3, -0.25) is 14.9 Å². The zero-order chi connectivity index (χ0) is 17.4. The van der Waals surface area contributed by atoms with Crippen molar-refractivity contribution in [3.8, 4) is 0 Å². The zero-order valence-corrected chi connectivity index (χ0v) is 14.1. The molecule has 4 rings (SSSR count). The number of carbonyl (C=O) groups is 1. The molecule has 3 heterocycles. The van der Waals surface area contributed by atoms with Gasteiger partial charge in [0.2, 0.25) is 0 Å². The smallest absolute Gasteiger partial charge is 0.395 e. The van der Waals surface area contributed by atoms with Crippen molar-refractivity contribution in [2.75, 3.05) is 13.1 Å². The summed E-state index contributed by atoms with van der Waals surface area (Å²) in [6, 6.07) is 10.6. The minimum absolute atomic E-state index is 0.0108. The lowest BCUT2D eigenvalue weighted by molar-refractivity contribution is -0.402. The predicted octanol–water partition coefficient (Wildman–Crippen LogP) is 3.82. The van der Waals surface area contributed by atoms with Gasteiger partial charge in [0.15, 0.2) is 5.76 Å². The quantitative estimate of drug-likeness (QED) is 0.525. The Balaban J connectivity index is 1.53. The lowest BCUT2D eigenvalue weighted by atomic mass is 9.98. The fourth-order valence-corrected chi connectivity index (χ4v) is 4.22. The molecule has 0 bridgehead atoms. The van der Waals surface area contributed by atoms with E-state index in [2.05, 4.69) is 0 Å². The largest absolute Gasteiger partial charge is 0.433 e. The average Bonchev–Trinajstić information content (AvgIpc) is 3.28. The van der Waals surface area contributed by atoms with Gasteiger partial charge in [0, 0.05) is 19.0 Å². The molecule has 0 N–H and O–H groups in total. The van der Waals surface area contributed by atoms with Gasteiger partial charge in [0.05, 0.1) is 21.3 Å². The second-order valence-electron chi connectivity index (χ2n) is 6.01. The highest BCUT2D eigenvalue weighted by atomic mass is 32.1. The van der Waals surface area contributed by atoms with Crippen LogP contribution in [0, 0.1) is 10.1 Å². The van der Waals surface area contributed by atoms with E-state index in [0.717, 1.165) is 28.1 Å². The Bertz CT molecular complexity index is 915. The second-order valence-corrected chi connectivity index (χ2v) is 7.07. The normalized spacial score (nSPS) is 17.8. The highest BCUT2D eigenvalue weighted by Gasteiger charge is 2.29. The Kier molecular flexibility index (Phi) is 3.96. The van der Waals surface area contributed by atoms with Crippen LogP contribution in [0.1, 0.15) is 34.3 Å². The number of furan rings is 1. The van der Waals surface area contributed by atoms with Gasteiger partial charge >= 0.3 is 5.88 Å². The highest BCUT2D eigenvalue weighted by molar-refractivity contribution is 7.18. The summed E-state index contributed by atoms with van der Waals surface area (Å²) in [5.41, 5.74) is 0.979. The monoisotopic (exact) mass is 357 g/mol. The number of aromatic nitrogens is 1. The van der Waals surface area contributed by atoms with Crippen LogP contribution in [-0.2, 0) is 0 Å². The molecule has 3 aromatic rings. The van der Waals surface area contributed by atoms with Crippen molar-refractivity contribution in [1.82, 2.24) is 9.88 Å². The molecule has 2 aromatic heterocycles. The third-order valence-corrected chi connectivity index (χ3v) is 5.55. The third-order valence-electron chi connectivity index (χ3n) is 4.35. The lowest BCUT2D eigenvalue weighted by Crippen LogP contribution is -2.38. The Hall–Kier alpha value is -2.74. The first-order chi connectivity index (χ1) is 12.1. The van der Waals surface area contributed by atoms with E-state index in [-0.39, 0.29) is 17.6 Å². The number of fused-ring (bicyclic) bond motifs is 1. The first-order valence-electron chi connectivity index (χ1n) is 8.01. The number of piperidine rings is 1. The maximum absolute atomic E-state index is 12.6. The summed E-state index contributed by atoms with van der Waals surface area (Å²) in [6.45, 7) is 1.17. The Morgan fingerprint density at radius 1 is 1.32 bits per heavy atom. The summed E-state index contributed by atoms with van der Waals surface area (Å²) in [7, 11) is 0. The number of thiazole rings is 1. The van der Waals surface area contributed by atoms with Gasteiger partial charge in [-0.25, -0.2) is 4.98 Å². The van der Waals surface area contributed by atoms with Crippen molar-refractivity contribution in [1.29, 1.82) is 0 Å². The Morgan fingerprint density at radius 3 is 2.92 bits per heavy atom. The van der Waals surface area contributed by atoms with Crippen molar-refractivity contribution < 1.29 is 14.1 Å². The van der Waals surface area contributed by atoms with Gasteiger partial charge in [0.25, 0.3) is 5.91 Å². The minimum atomic E-state index is -0.642. The molecule has 0 radical (unpaired) electrons. The molecule has 7 nitrogen and oxygen atoms in total. The van der Waals surface area contributed by atoms with Gasteiger partial charge in [0.1, 0.15) is 4.92 Å². The van der Waals surface area contributed by atoms with Crippen molar-refractivity contribution >= 4 is 33.3 Å². The SMILES string of the molecule is O=C(c1ccc([N+](=O)[O-])o1)N1CCC[C@@H](c2nc3ccccc3s2)C1. The van der Waals surface area contributed by atoms with E-state index in [4.69, 9.17) is 9.40 Å². The molecule has 1 aliphatic heterocycles. The average molecular weight is 357 g/mol. The fraction of sp³-hybridized carbons (Fsp3) is 0.294. The first-order valence-corrected chi connectivity index (χ1v) is 8.82. The first kappa shape index (κ1) is 15.8. The maximum Gasteiger partial charge on any atom is 0.433 e. The number of para-hydroxylation sites is 1. The fourth-order valence-electron chi connectivity index (χ4n) is 3.12. The van der Waals surface area contributed by atoms with Crippen LogP contribution in [0.5, 0.6) is 0 Å². The van der Waals surface area contributed by atoms with Gasteiger partial charge in [-0.2, -0.15) is 0 Å². The van der Waals surface area contributed by atoms with Crippen LogP contribution in [0.15, 0.2) is 40.8 Å². The van der Waals surface area contributed by atoms with E-state index in [1.165, 1.54) is 12.1 Å². The summed E-state index contributed by atoms with van der Waals surface area (Å²) in [6.07, 6.45) is 1.84. The molecule has 0 aliphatic carbocycles. The summed E-state index contributed by atoms with van der Waals surface area (Å²) >= 11 is 1.66. The van der Waals surface area contributed by atoms with Crippen LogP contribution < -0.4 is 0 Å². The van der Waals surface area contributed by atoms with Gasteiger partial charge in [-0.1, -0.05) is 12.1 Å². The molecule has 1 aromatic carbocycles. The molecular formula is C17H15N3O4S. The molecule has 8 heteroatoms. The van der Waals surface area contributed by atoms with E-state index >= 15 is 0 Å². The van der Waals surface area contributed by atoms with E-state index in [9.17, 15) is 14.9 Å². The van der Waals surface area contributed by atoms with Crippen molar-refractivity contribution in [3.63, 3.8) is 0 Å². The number of nitrogens with zero attached hydrogens (tertiary/aromatic N) is 3. The molecule has 128 valence electrons. The number of hydrogen-bond acceptors (Lipinski definition) is 6. The maximum atomic E-state index is 12.6. The van der Waals surface area contributed by atoms with Crippen molar-refractivity contribution in [2.24, 2.45) is 0 Å². The van der Waals surface area contributed by atoms with Crippen LogP contribution >= 0.6 is 11.3 Å². The van der Waals surface area contributed by atoms with Gasteiger partial charge in [-0.05, 0) is 31.0 Å². The number of likely N-dealkylation sites (tertiary alicyclic amines) is 1. The Labute approximate surface area is 147 Å². The van der Waals surface area contributed by atoms with Crippen LogP contribution in [0.4, 0.5) is 5.88 Å². The second kappa shape index (κ2) is 6.29. The summed E-state index contributed by atoms with van der Waals surface area (Å²) < 4.78 is 6.19. The zero-order valence-electron chi connectivity index (χ0n) is 13.3. The van der Waals surface area contributed by atoms with Crippen molar-refractivity contribution in [2.45, 2.75) is 18.8 Å². The molecule has 25 heavy (non-hydrogen) atoms. The van der Waals surface area contributed by atoms with Crippen LogP contribution in [0.3, 0.4) is 0 Å². The van der Waals surface area contributed by atoms with E-state index in [0.29, 0.717) is 13.1 Å². The number of nitro groups is 1. The number of hydrogen-bond donors (Lipinski definition) is 0. The van der Waals surface area contributed by atoms with Gasteiger partial charge < -0.3 is 9.32 Å². The number of amides is 1. The summed E-state index contributed by atoms with van der Waals surface area (Å²) in [5.74, 6) is -0.529. The molecule has 0 spiro atoms. The number of carbonyl (C=O) groups excluding carboxylic acids is 1. The van der Waals surface area contributed by atoms with Crippen LogP contribution in [0.2, 0.25) is 0 Å². The molecule has 0 saturated carbocycles. The summed E-state index contributed by atoms with van der Waals surface area (Å²) in [5, 5.41) is 11.7. The van der Waals surface area contributed by atoms with Crippen molar-refractivity contribution in [3.05, 3.63) is 57.3 Å². The van der Waals surface area contributed by atoms with Crippen LogP contribution in [-0.4, -0.2) is 33.8 Å². The molecule has 1 saturated heterocycles. The number of rotatable bonds is 3. The standard InChI is InChI=1S/C17H15N3O4S/c21-17(13-7-8-15(24-13)20(22)23)19-9-3-4-11(10-19)16-18-12-5-1-2-6-14(12)25-16/h1-2,5-8,11H,3-4,9-10H2/t11-/m1/s1. The predicted molar refractivity (Wildman–Crippen MR) is 92.9 cm³/mol. The van der Waals surface area contributed by atoms with Gasteiger partial charge in [-0.15, -0.1) is 11.3 Å².